The molecule has 2 rings (SSSR count). The zero-order valence-electron chi connectivity index (χ0n) is 11.0. The zero-order valence-corrected chi connectivity index (χ0v) is 11.8. The van der Waals surface area contributed by atoms with E-state index < -0.39 is 0 Å². The number of anilines is 2. The highest BCUT2D eigenvalue weighted by atomic mass is 32.1. The van der Waals surface area contributed by atoms with Crippen LogP contribution in [0, 0.1) is 5.92 Å². The van der Waals surface area contributed by atoms with Crippen LogP contribution in [0.25, 0.3) is 0 Å². The number of nitrogens with one attached hydrogen (secondary N) is 2. The minimum Gasteiger partial charge on any atom is -0.396 e. The highest BCUT2D eigenvalue weighted by molar-refractivity contribution is 7.18. The van der Waals surface area contributed by atoms with Gasteiger partial charge in [-0.3, -0.25) is 4.79 Å². The van der Waals surface area contributed by atoms with Gasteiger partial charge in [0.15, 0.2) is 5.13 Å². The third kappa shape index (κ3) is 3.16. The van der Waals surface area contributed by atoms with Crippen molar-refractivity contribution in [3.8, 4) is 0 Å². The smallest absolute Gasteiger partial charge is 0.265 e. The van der Waals surface area contributed by atoms with Crippen molar-refractivity contribution in [1.29, 1.82) is 0 Å². The van der Waals surface area contributed by atoms with Gasteiger partial charge in [0.25, 0.3) is 5.91 Å². The summed E-state index contributed by atoms with van der Waals surface area (Å²) in [5.41, 5.74) is 5.76. The highest BCUT2D eigenvalue weighted by Crippen LogP contribution is 2.28. The summed E-state index contributed by atoms with van der Waals surface area (Å²) < 4.78 is 0. The van der Waals surface area contributed by atoms with Crippen LogP contribution in [0.5, 0.6) is 0 Å². The summed E-state index contributed by atoms with van der Waals surface area (Å²) in [5, 5.41) is 15.9. The molecule has 1 aliphatic carbocycles. The van der Waals surface area contributed by atoms with Gasteiger partial charge in [0.05, 0.1) is 0 Å². The van der Waals surface area contributed by atoms with Gasteiger partial charge in [-0.05, 0) is 19.8 Å². The number of aliphatic hydroxyl groups is 1. The molecular formula is C12H20N4O2S. The van der Waals surface area contributed by atoms with Crippen molar-refractivity contribution in [3.05, 3.63) is 4.88 Å². The van der Waals surface area contributed by atoms with Crippen LogP contribution in [0.2, 0.25) is 0 Å². The second kappa shape index (κ2) is 6.21. The van der Waals surface area contributed by atoms with E-state index in [2.05, 4.69) is 15.6 Å². The summed E-state index contributed by atoms with van der Waals surface area (Å²) in [6.07, 6.45) is 2.91. The quantitative estimate of drug-likeness (QED) is 0.647. The Morgan fingerprint density at radius 1 is 1.58 bits per heavy atom. The number of nitrogen functional groups attached to an aromatic ring is 1. The molecule has 106 valence electrons. The molecule has 1 saturated carbocycles. The van der Waals surface area contributed by atoms with Crippen LogP contribution in [-0.4, -0.2) is 35.2 Å². The van der Waals surface area contributed by atoms with Gasteiger partial charge >= 0.3 is 0 Å². The molecule has 2 atom stereocenters. The van der Waals surface area contributed by atoms with Crippen LogP contribution in [0.15, 0.2) is 0 Å². The molecule has 19 heavy (non-hydrogen) atoms. The standard InChI is InChI=1S/C12H20N4O2S/c1-2-14-12-16-10(13)9(19-12)11(18)15-8-5-3-4-7(8)6-17/h7-8,17H,2-6,13H2,1H3,(H,14,16)(H,15,18). The monoisotopic (exact) mass is 284 g/mol. The number of hydrogen-bond donors (Lipinski definition) is 4. The Labute approximate surface area is 116 Å². The summed E-state index contributed by atoms with van der Waals surface area (Å²) in [4.78, 5) is 16.7. The summed E-state index contributed by atoms with van der Waals surface area (Å²) in [6, 6.07) is 0.0431. The average molecular weight is 284 g/mol. The van der Waals surface area contributed by atoms with E-state index in [0.29, 0.717) is 10.0 Å². The number of aliphatic hydroxyl groups excluding tert-OH is 1. The molecule has 0 aromatic carbocycles. The van der Waals surface area contributed by atoms with Crippen molar-refractivity contribution >= 4 is 28.2 Å². The van der Waals surface area contributed by atoms with Crippen molar-refractivity contribution in [1.82, 2.24) is 10.3 Å². The molecule has 0 spiro atoms. The number of amides is 1. The number of carbonyl (C=O) groups excluding carboxylic acids is 1. The van der Waals surface area contributed by atoms with E-state index in [1.807, 2.05) is 6.92 Å². The van der Waals surface area contributed by atoms with Gasteiger partial charge in [0.2, 0.25) is 0 Å². The van der Waals surface area contributed by atoms with Gasteiger partial charge < -0.3 is 21.5 Å². The molecular weight excluding hydrogens is 264 g/mol. The van der Waals surface area contributed by atoms with Gasteiger partial charge in [0, 0.05) is 25.1 Å². The first kappa shape index (κ1) is 14.1. The first-order valence-corrected chi connectivity index (χ1v) is 7.39. The second-order valence-corrected chi connectivity index (χ2v) is 5.72. The predicted octanol–water partition coefficient (Wildman–Crippen LogP) is 1.05. The maximum Gasteiger partial charge on any atom is 0.265 e. The number of nitrogens with zero attached hydrogens (tertiary/aromatic N) is 1. The SMILES string of the molecule is CCNc1nc(N)c(C(=O)NC2CCCC2CO)s1. The minimum atomic E-state index is -0.190. The fourth-order valence-corrected chi connectivity index (χ4v) is 3.26. The lowest BCUT2D eigenvalue weighted by Crippen LogP contribution is -2.38. The molecule has 1 heterocycles. The molecule has 0 saturated heterocycles. The third-order valence-corrected chi connectivity index (χ3v) is 4.43. The number of carbonyl (C=O) groups is 1. The van der Waals surface area contributed by atoms with Crippen LogP contribution in [0.3, 0.4) is 0 Å². The van der Waals surface area contributed by atoms with Crippen molar-refractivity contribution < 1.29 is 9.90 Å². The van der Waals surface area contributed by atoms with Crippen LogP contribution < -0.4 is 16.4 Å². The van der Waals surface area contributed by atoms with Crippen molar-refractivity contribution in [3.63, 3.8) is 0 Å². The molecule has 1 fully saturated rings. The molecule has 7 heteroatoms. The lowest BCUT2D eigenvalue weighted by molar-refractivity contribution is 0.0921. The fraction of sp³-hybridized carbons (Fsp3) is 0.667. The van der Waals surface area contributed by atoms with E-state index in [-0.39, 0.29) is 30.3 Å². The Kier molecular flexibility index (Phi) is 4.60. The maximum absolute atomic E-state index is 12.2. The molecule has 0 bridgehead atoms. The summed E-state index contributed by atoms with van der Waals surface area (Å²) in [7, 11) is 0. The molecule has 1 amide bonds. The normalized spacial score (nSPS) is 22.4. The lowest BCUT2D eigenvalue weighted by Gasteiger charge is -2.18. The molecule has 0 aliphatic heterocycles. The first-order valence-electron chi connectivity index (χ1n) is 6.57. The number of aromatic nitrogens is 1. The fourth-order valence-electron chi connectivity index (χ4n) is 2.40. The van der Waals surface area contributed by atoms with E-state index in [0.717, 1.165) is 25.8 Å². The largest absolute Gasteiger partial charge is 0.396 e. The predicted molar refractivity (Wildman–Crippen MR) is 76.4 cm³/mol. The van der Waals surface area contributed by atoms with Crippen LogP contribution in [0.4, 0.5) is 10.9 Å². The maximum atomic E-state index is 12.2. The Hall–Kier alpha value is -1.34. The molecule has 0 radical (unpaired) electrons. The van der Waals surface area contributed by atoms with Crippen LogP contribution in [-0.2, 0) is 0 Å². The van der Waals surface area contributed by atoms with Gasteiger partial charge in [-0.2, -0.15) is 0 Å². The topological polar surface area (TPSA) is 100 Å². The van der Waals surface area contributed by atoms with Gasteiger partial charge in [-0.25, -0.2) is 4.98 Å². The van der Waals surface area contributed by atoms with Crippen molar-refractivity contribution in [2.24, 2.45) is 5.92 Å². The number of hydrogen-bond acceptors (Lipinski definition) is 6. The van der Waals surface area contributed by atoms with Crippen molar-refractivity contribution in [2.75, 3.05) is 24.2 Å². The molecule has 1 aromatic rings. The Balaban J connectivity index is 2.03. The lowest BCUT2D eigenvalue weighted by atomic mass is 10.1. The number of rotatable bonds is 5. The van der Waals surface area contributed by atoms with Gasteiger partial charge in [-0.15, -0.1) is 0 Å². The highest BCUT2D eigenvalue weighted by Gasteiger charge is 2.29. The van der Waals surface area contributed by atoms with E-state index in [1.54, 1.807) is 0 Å². The van der Waals surface area contributed by atoms with E-state index in [4.69, 9.17) is 5.73 Å². The third-order valence-electron chi connectivity index (χ3n) is 3.40. The molecule has 2 unspecified atom stereocenters. The summed E-state index contributed by atoms with van der Waals surface area (Å²) >= 11 is 1.26. The van der Waals surface area contributed by atoms with Gasteiger partial charge in [-0.1, -0.05) is 17.8 Å². The Bertz CT molecular complexity index is 449. The van der Waals surface area contributed by atoms with Crippen LogP contribution >= 0.6 is 11.3 Å². The Morgan fingerprint density at radius 3 is 3.05 bits per heavy atom. The number of thiazole rings is 1. The zero-order chi connectivity index (χ0) is 13.8. The minimum absolute atomic E-state index is 0.0431. The molecule has 1 aliphatic rings. The Morgan fingerprint density at radius 2 is 2.37 bits per heavy atom. The van der Waals surface area contributed by atoms with E-state index in [9.17, 15) is 9.90 Å². The second-order valence-electron chi connectivity index (χ2n) is 4.72. The summed E-state index contributed by atoms with van der Waals surface area (Å²) in [5.74, 6) is 0.229. The van der Waals surface area contributed by atoms with E-state index >= 15 is 0 Å². The molecule has 6 nitrogen and oxygen atoms in total. The molecule has 1 aromatic heterocycles. The van der Waals surface area contributed by atoms with E-state index in [1.165, 1.54) is 11.3 Å². The summed E-state index contributed by atoms with van der Waals surface area (Å²) in [6.45, 7) is 2.82. The van der Waals surface area contributed by atoms with Gasteiger partial charge in [0.1, 0.15) is 10.7 Å². The first-order chi connectivity index (χ1) is 9.15. The van der Waals surface area contributed by atoms with Crippen LogP contribution in [0.1, 0.15) is 35.9 Å². The average Bonchev–Trinajstić information content (AvgIpc) is 2.96. The number of nitrogens with two attached hydrogens (primary N) is 1. The molecule has 5 N–H and O–H groups in total. The van der Waals surface area contributed by atoms with Crippen molar-refractivity contribution in [2.45, 2.75) is 32.2 Å².